The van der Waals surface area contributed by atoms with Gasteiger partial charge in [0.15, 0.2) is 0 Å². The first-order valence-corrected chi connectivity index (χ1v) is 10.1. The maximum atomic E-state index is 13.4. The summed E-state index contributed by atoms with van der Waals surface area (Å²) in [6.45, 7) is 6.34. The molecule has 0 bridgehead atoms. The molecule has 0 radical (unpaired) electrons. The van der Waals surface area contributed by atoms with Crippen LogP contribution in [0.4, 0.5) is 0 Å². The van der Waals surface area contributed by atoms with Crippen LogP contribution < -0.4 is 5.73 Å². The van der Waals surface area contributed by atoms with E-state index in [4.69, 9.17) is 5.73 Å². The number of rotatable bonds is 3. The average molecular weight is 377 g/mol. The summed E-state index contributed by atoms with van der Waals surface area (Å²) in [6.07, 6.45) is 7.36. The van der Waals surface area contributed by atoms with Gasteiger partial charge in [0.25, 0.3) is 0 Å². The molecule has 1 unspecified atom stereocenters. The van der Waals surface area contributed by atoms with Gasteiger partial charge in [-0.2, -0.15) is 5.26 Å². The van der Waals surface area contributed by atoms with Crippen LogP contribution in [0.2, 0.25) is 0 Å². The van der Waals surface area contributed by atoms with E-state index in [-0.39, 0.29) is 17.9 Å². The molecule has 4 rings (SSSR count). The molecule has 5 nitrogen and oxygen atoms in total. The Hall–Kier alpha value is -2.58. The van der Waals surface area contributed by atoms with Gasteiger partial charge in [0.1, 0.15) is 0 Å². The van der Waals surface area contributed by atoms with Crippen LogP contribution >= 0.6 is 0 Å². The second-order valence-electron chi connectivity index (χ2n) is 8.69. The maximum Gasteiger partial charge on any atom is 0.233 e. The standard InChI is InChI=1S/C23H28N4O/c1-23(2)19-10-5-11-20(26-12-6-9-18(25)15-26)21(19)27(22(23)28)14-17-8-4-3-7-16(17)13-24/h3-5,7-8,11,18-19H,6,9-10,12,14-15,25H2,1-2H3/t18?,19-/m0/s1. The van der Waals surface area contributed by atoms with Crippen molar-refractivity contribution in [2.75, 3.05) is 13.1 Å². The smallest absolute Gasteiger partial charge is 0.233 e. The monoisotopic (exact) mass is 376 g/mol. The number of piperidine rings is 1. The number of hydrogen-bond acceptors (Lipinski definition) is 4. The van der Waals surface area contributed by atoms with Gasteiger partial charge in [0.2, 0.25) is 5.91 Å². The van der Waals surface area contributed by atoms with Gasteiger partial charge < -0.3 is 15.5 Å². The molecular formula is C23H28N4O. The predicted octanol–water partition coefficient (Wildman–Crippen LogP) is 3.14. The molecule has 2 saturated heterocycles. The molecule has 0 spiro atoms. The number of allylic oxidation sites excluding steroid dienone is 3. The van der Waals surface area contributed by atoms with Crippen LogP contribution in [-0.4, -0.2) is 34.8 Å². The fraction of sp³-hybridized carbons (Fsp3) is 0.478. The number of carbonyl (C=O) groups excluding carboxylic acids is 1. The summed E-state index contributed by atoms with van der Waals surface area (Å²) >= 11 is 0. The lowest BCUT2D eigenvalue weighted by Crippen LogP contribution is -2.43. The largest absolute Gasteiger partial charge is 0.369 e. The van der Waals surface area contributed by atoms with E-state index in [0.717, 1.165) is 49.3 Å². The third-order valence-corrected chi connectivity index (χ3v) is 6.46. The van der Waals surface area contributed by atoms with Crippen molar-refractivity contribution in [1.29, 1.82) is 5.26 Å². The van der Waals surface area contributed by atoms with Crippen molar-refractivity contribution in [2.24, 2.45) is 17.1 Å². The van der Waals surface area contributed by atoms with Crippen molar-refractivity contribution in [1.82, 2.24) is 9.80 Å². The minimum Gasteiger partial charge on any atom is -0.369 e. The van der Waals surface area contributed by atoms with E-state index in [1.54, 1.807) is 0 Å². The molecule has 2 fully saturated rings. The van der Waals surface area contributed by atoms with Crippen LogP contribution in [0.3, 0.4) is 0 Å². The number of nitrogens with two attached hydrogens (primary N) is 1. The highest BCUT2D eigenvalue weighted by atomic mass is 16.2. The van der Waals surface area contributed by atoms with E-state index in [1.807, 2.05) is 29.2 Å². The highest BCUT2D eigenvalue weighted by Gasteiger charge is 2.52. The Morgan fingerprint density at radius 1 is 1.32 bits per heavy atom. The second kappa shape index (κ2) is 7.10. The fourth-order valence-corrected chi connectivity index (χ4v) is 4.85. The van der Waals surface area contributed by atoms with E-state index in [0.29, 0.717) is 12.1 Å². The normalized spacial score (nSPS) is 26.4. The topological polar surface area (TPSA) is 73.4 Å². The number of nitrogens with zero attached hydrogens (tertiary/aromatic N) is 3. The van der Waals surface area contributed by atoms with Crippen molar-refractivity contribution < 1.29 is 4.79 Å². The Balaban J connectivity index is 1.78. The van der Waals surface area contributed by atoms with Crippen molar-refractivity contribution in [3.63, 3.8) is 0 Å². The zero-order valence-corrected chi connectivity index (χ0v) is 16.7. The van der Waals surface area contributed by atoms with Gasteiger partial charge in [-0.15, -0.1) is 0 Å². The first-order valence-electron chi connectivity index (χ1n) is 10.1. The lowest BCUT2D eigenvalue weighted by molar-refractivity contribution is -0.135. The van der Waals surface area contributed by atoms with Crippen LogP contribution in [-0.2, 0) is 11.3 Å². The predicted molar refractivity (Wildman–Crippen MR) is 109 cm³/mol. The van der Waals surface area contributed by atoms with Crippen LogP contribution in [0.5, 0.6) is 0 Å². The zero-order chi connectivity index (χ0) is 19.9. The summed E-state index contributed by atoms with van der Waals surface area (Å²) in [5.41, 5.74) is 9.56. The SMILES string of the molecule is CC1(C)C(=O)N(Cc2ccccc2C#N)C2=C(N3CCCC(N)C3)C=CC[C@@H]21. The molecule has 2 aliphatic heterocycles. The summed E-state index contributed by atoms with van der Waals surface area (Å²) in [5, 5.41) is 9.48. The Morgan fingerprint density at radius 2 is 2.11 bits per heavy atom. The zero-order valence-electron chi connectivity index (χ0n) is 16.7. The van der Waals surface area contributed by atoms with Gasteiger partial charge in [-0.1, -0.05) is 38.1 Å². The molecule has 0 aromatic heterocycles. The highest BCUT2D eigenvalue weighted by molar-refractivity contribution is 5.88. The number of fused-ring (bicyclic) bond motifs is 1. The first-order chi connectivity index (χ1) is 13.4. The molecule has 2 N–H and O–H groups in total. The molecule has 0 saturated carbocycles. The van der Waals surface area contributed by atoms with Crippen molar-refractivity contribution in [2.45, 2.75) is 45.7 Å². The number of amides is 1. The minimum absolute atomic E-state index is 0.141. The molecule has 1 aromatic carbocycles. The molecule has 3 aliphatic rings. The van der Waals surface area contributed by atoms with Crippen LogP contribution in [0.1, 0.15) is 44.2 Å². The molecule has 1 aliphatic carbocycles. The second-order valence-corrected chi connectivity index (χ2v) is 8.69. The van der Waals surface area contributed by atoms with Crippen molar-refractivity contribution >= 4 is 5.91 Å². The highest BCUT2D eigenvalue weighted by Crippen LogP contribution is 2.50. The number of hydrogen-bond donors (Lipinski definition) is 1. The summed E-state index contributed by atoms with van der Waals surface area (Å²) in [6, 6.07) is 10.00. The summed E-state index contributed by atoms with van der Waals surface area (Å²) < 4.78 is 0. The van der Waals surface area contributed by atoms with Crippen LogP contribution in [0, 0.1) is 22.7 Å². The van der Waals surface area contributed by atoms with Crippen molar-refractivity contribution in [3.8, 4) is 6.07 Å². The van der Waals surface area contributed by atoms with Crippen LogP contribution in [0.15, 0.2) is 47.8 Å². The van der Waals surface area contributed by atoms with Crippen LogP contribution in [0.25, 0.3) is 0 Å². The summed E-state index contributed by atoms with van der Waals surface area (Å²) in [4.78, 5) is 17.7. The van der Waals surface area contributed by atoms with Gasteiger partial charge in [0, 0.05) is 30.7 Å². The Bertz CT molecular complexity index is 892. The molecule has 1 amide bonds. The molecular weight excluding hydrogens is 348 g/mol. The van der Waals surface area contributed by atoms with Gasteiger partial charge >= 0.3 is 0 Å². The number of nitriles is 1. The molecule has 28 heavy (non-hydrogen) atoms. The molecule has 5 heteroatoms. The third kappa shape index (κ3) is 3.02. The number of carbonyl (C=O) groups is 1. The van der Waals surface area contributed by atoms with Gasteiger partial charge in [-0.3, -0.25) is 4.79 Å². The summed E-state index contributed by atoms with van der Waals surface area (Å²) in [5.74, 6) is 0.301. The molecule has 2 atom stereocenters. The maximum absolute atomic E-state index is 13.4. The average Bonchev–Trinajstić information content (AvgIpc) is 2.89. The first kappa shape index (κ1) is 18.8. The third-order valence-electron chi connectivity index (χ3n) is 6.46. The van der Waals surface area contributed by atoms with E-state index >= 15 is 0 Å². The quantitative estimate of drug-likeness (QED) is 0.880. The lowest BCUT2D eigenvalue weighted by atomic mass is 9.76. The molecule has 2 heterocycles. The molecule has 1 aromatic rings. The van der Waals surface area contributed by atoms with E-state index in [2.05, 4.69) is 37.0 Å². The minimum atomic E-state index is -0.454. The Morgan fingerprint density at radius 3 is 2.86 bits per heavy atom. The fourth-order valence-electron chi connectivity index (χ4n) is 4.85. The van der Waals surface area contributed by atoms with Crippen molar-refractivity contribution in [3.05, 3.63) is 58.9 Å². The summed E-state index contributed by atoms with van der Waals surface area (Å²) in [7, 11) is 0. The molecule has 146 valence electrons. The van der Waals surface area contributed by atoms with E-state index in [1.165, 1.54) is 0 Å². The number of benzene rings is 1. The van der Waals surface area contributed by atoms with E-state index < -0.39 is 5.41 Å². The van der Waals surface area contributed by atoms with Gasteiger partial charge in [-0.05, 0) is 37.0 Å². The Kier molecular flexibility index (Phi) is 4.76. The number of likely N-dealkylation sites (tertiary alicyclic amines) is 2. The van der Waals surface area contributed by atoms with Gasteiger partial charge in [-0.25, -0.2) is 0 Å². The Labute approximate surface area is 167 Å². The lowest BCUT2D eigenvalue weighted by Gasteiger charge is -2.38. The van der Waals surface area contributed by atoms with Gasteiger partial charge in [0.05, 0.1) is 29.3 Å². The van der Waals surface area contributed by atoms with E-state index in [9.17, 15) is 10.1 Å².